The number of anilines is 1. The molecule has 0 aliphatic carbocycles. The minimum atomic E-state index is -4.90. The van der Waals surface area contributed by atoms with E-state index in [1.54, 1.807) is 24.3 Å². The Hall–Kier alpha value is -4.77. The van der Waals surface area contributed by atoms with Gasteiger partial charge in [-0.25, -0.2) is 13.8 Å². The summed E-state index contributed by atoms with van der Waals surface area (Å²) in [5.41, 5.74) is 0.626. The molecule has 1 aromatic heterocycles. The standard InChI is InChI=1S/C29H15ClF5N3O3/c30-21-3-2-17(31)11-19(21)26-25-20(28(40)38-26)7-14(13-1-4-24-22(8-13)36-12-41-24)9-23(25)37-27(39)15-5-16(29(33,34)35)10-18(32)6-15/h1-12,26H,(H,37,39)(H,38,40). The first kappa shape index (κ1) is 26.5. The molecule has 0 bridgehead atoms. The lowest BCUT2D eigenvalue weighted by Crippen LogP contribution is -2.21. The zero-order chi connectivity index (χ0) is 29.1. The minimum Gasteiger partial charge on any atom is -0.443 e. The number of carbonyl (C=O) groups excluding carboxylic acids is 2. The molecule has 0 fully saturated rings. The van der Waals surface area contributed by atoms with Crippen LogP contribution in [0, 0.1) is 11.6 Å². The summed E-state index contributed by atoms with van der Waals surface area (Å²) in [5.74, 6) is -3.51. The lowest BCUT2D eigenvalue weighted by Gasteiger charge is -2.19. The van der Waals surface area contributed by atoms with Crippen molar-refractivity contribution in [3.63, 3.8) is 0 Å². The Kier molecular flexibility index (Phi) is 6.26. The van der Waals surface area contributed by atoms with Gasteiger partial charge in [0.05, 0.1) is 11.6 Å². The molecule has 1 unspecified atom stereocenters. The number of fused-ring (bicyclic) bond motifs is 2. The van der Waals surface area contributed by atoms with Gasteiger partial charge in [0.1, 0.15) is 17.2 Å². The van der Waals surface area contributed by atoms with Crippen molar-refractivity contribution in [1.82, 2.24) is 10.3 Å². The summed E-state index contributed by atoms with van der Waals surface area (Å²) in [5, 5.41) is 5.37. The molecule has 1 aliphatic heterocycles. The number of alkyl halides is 3. The first-order chi connectivity index (χ1) is 19.5. The molecule has 0 saturated carbocycles. The van der Waals surface area contributed by atoms with Gasteiger partial charge in [-0.3, -0.25) is 9.59 Å². The van der Waals surface area contributed by atoms with E-state index < -0.39 is 46.8 Å². The topological polar surface area (TPSA) is 84.2 Å². The highest BCUT2D eigenvalue weighted by molar-refractivity contribution is 6.31. The molecular weight excluding hydrogens is 569 g/mol. The number of hydrogen-bond donors (Lipinski definition) is 2. The van der Waals surface area contributed by atoms with Gasteiger partial charge in [0.25, 0.3) is 11.8 Å². The van der Waals surface area contributed by atoms with Crippen LogP contribution in [0.15, 0.2) is 77.5 Å². The number of benzene rings is 4. The lowest BCUT2D eigenvalue weighted by atomic mass is 9.92. The van der Waals surface area contributed by atoms with E-state index in [-0.39, 0.29) is 33.5 Å². The summed E-state index contributed by atoms with van der Waals surface area (Å²) < 4.78 is 73.4. The number of rotatable bonds is 4. The summed E-state index contributed by atoms with van der Waals surface area (Å²) in [6.45, 7) is 0. The molecule has 0 spiro atoms. The molecule has 6 rings (SSSR count). The van der Waals surface area contributed by atoms with E-state index in [4.69, 9.17) is 16.0 Å². The third-order valence-corrected chi connectivity index (χ3v) is 7.00. The molecule has 0 saturated heterocycles. The molecule has 206 valence electrons. The normalized spacial score (nSPS) is 14.7. The van der Waals surface area contributed by atoms with Crippen LogP contribution in [0.2, 0.25) is 5.02 Å². The summed E-state index contributed by atoms with van der Waals surface area (Å²) in [6.07, 6.45) is -3.63. The smallest absolute Gasteiger partial charge is 0.416 e. The van der Waals surface area contributed by atoms with Gasteiger partial charge in [-0.1, -0.05) is 17.7 Å². The van der Waals surface area contributed by atoms with Gasteiger partial charge in [0.15, 0.2) is 12.0 Å². The van der Waals surface area contributed by atoms with Crippen LogP contribution in [0.5, 0.6) is 0 Å². The number of carbonyl (C=O) groups is 2. The Labute approximate surface area is 232 Å². The second-order valence-electron chi connectivity index (χ2n) is 9.27. The fourth-order valence-electron chi connectivity index (χ4n) is 4.79. The first-order valence-corrected chi connectivity index (χ1v) is 12.3. The molecule has 2 N–H and O–H groups in total. The maximum atomic E-state index is 14.2. The third-order valence-electron chi connectivity index (χ3n) is 6.66. The fourth-order valence-corrected chi connectivity index (χ4v) is 5.02. The fraction of sp³-hybridized carbons (Fsp3) is 0.0690. The average Bonchev–Trinajstić information content (AvgIpc) is 3.53. The van der Waals surface area contributed by atoms with Crippen LogP contribution in [0.1, 0.15) is 43.4 Å². The highest BCUT2D eigenvalue weighted by Gasteiger charge is 2.36. The molecule has 1 atom stereocenters. The monoisotopic (exact) mass is 583 g/mol. The van der Waals surface area contributed by atoms with E-state index in [0.717, 1.165) is 12.1 Å². The average molecular weight is 584 g/mol. The second-order valence-corrected chi connectivity index (χ2v) is 9.68. The predicted molar refractivity (Wildman–Crippen MR) is 140 cm³/mol. The van der Waals surface area contributed by atoms with E-state index in [2.05, 4.69) is 15.6 Å². The largest absolute Gasteiger partial charge is 0.443 e. The summed E-state index contributed by atoms with van der Waals surface area (Å²) in [4.78, 5) is 30.5. The Balaban J connectivity index is 1.51. The molecular formula is C29H15ClF5N3O3. The van der Waals surface area contributed by atoms with E-state index >= 15 is 0 Å². The SMILES string of the molecule is O=C(Nc1cc(-c2ccc3ocnc3c2)cc2c1C(c1cc(F)ccc1Cl)NC2=O)c1cc(F)cc(C(F)(F)F)c1. The molecule has 41 heavy (non-hydrogen) atoms. The van der Waals surface area contributed by atoms with Gasteiger partial charge < -0.3 is 15.1 Å². The predicted octanol–water partition coefficient (Wildman–Crippen LogP) is 7.53. The van der Waals surface area contributed by atoms with E-state index in [1.807, 2.05) is 0 Å². The number of nitrogens with zero attached hydrogens (tertiary/aromatic N) is 1. The minimum absolute atomic E-state index is 0.0178. The quantitative estimate of drug-likeness (QED) is 0.214. The highest BCUT2D eigenvalue weighted by atomic mass is 35.5. The van der Waals surface area contributed by atoms with Crippen molar-refractivity contribution in [1.29, 1.82) is 0 Å². The molecule has 12 heteroatoms. The van der Waals surface area contributed by atoms with Crippen molar-refractivity contribution in [2.45, 2.75) is 12.2 Å². The van der Waals surface area contributed by atoms with Crippen molar-refractivity contribution in [3.8, 4) is 11.1 Å². The molecule has 2 amide bonds. The van der Waals surface area contributed by atoms with Crippen LogP contribution in [0.3, 0.4) is 0 Å². The van der Waals surface area contributed by atoms with Crippen molar-refractivity contribution in [2.75, 3.05) is 5.32 Å². The zero-order valence-electron chi connectivity index (χ0n) is 20.4. The van der Waals surface area contributed by atoms with Gasteiger partial charge in [0, 0.05) is 33.0 Å². The summed E-state index contributed by atoms with van der Waals surface area (Å²) in [6, 6.07) is 12.1. The molecule has 5 aromatic rings. The Morgan fingerprint density at radius 3 is 2.54 bits per heavy atom. The first-order valence-electron chi connectivity index (χ1n) is 11.9. The Morgan fingerprint density at radius 1 is 0.951 bits per heavy atom. The number of oxazole rings is 1. The van der Waals surface area contributed by atoms with Gasteiger partial charge in [-0.05, 0) is 71.8 Å². The highest BCUT2D eigenvalue weighted by Crippen LogP contribution is 2.42. The molecule has 1 aliphatic rings. The van der Waals surface area contributed by atoms with Crippen LogP contribution < -0.4 is 10.6 Å². The van der Waals surface area contributed by atoms with Crippen LogP contribution in [-0.2, 0) is 6.18 Å². The number of halogens is 6. The van der Waals surface area contributed by atoms with Gasteiger partial charge in [-0.2, -0.15) is 13.2 Å². The lowest BCUT2D eigenvalue weighted by molar-refractivity contribution is -0.137. The maximum Gasteiger partial charge on any atom is 0.416 e. The summed E-state index contributed by atoms with van der Waals surface area (Å²) >= 11 is 6.32. The summed E-state index contributed by atoms with van der Waals surface area (Å²) in [7, 11) is 0. The van der Waals surface area contributed by atoms with Crippen molar-refractivity contribution in [2.24, 2.45) is 0 Å². The Bertz CT molecular complexity index is 1890. The molecule has 6 nitrogen and oxygen atoms in total. The maximum absolute atomic E-state index is 14.2. The number of aromatic nitrogens is 1. The van der Waals surface area contributed by atoms with Gasteiger partial charge in [-0.15, -0.1) is 0 Å². The van der Waals surface area contributed by atoms with Gasteiger partial charge >= 0.3 is 6.18 Å². The second kappa shape index (κ2) is 9.70. The van der Waals surface area contributed by atoms with E-state index in [9.17, 15) is 31.5 Å². The Morgan fingerprint density at radius 2 is 1.76 bits per heavy atom. The number of nitrogens with one attached hydrogen (secondary N) is 2. The van der Waals surface area contributed by atoms with Crippen LogP contribution in [0.4, 0.5) is 27.6 Å². The molecule has 0 radical (unpaired) electrons. The van der Waals surface area contributed by atoms with Crippen molar-refractivity contribution < 1.29 is 36.0 Å². The van der Waals surface area contributed by atoms with E-state index in [1.165, 1.54) is 18.5 Å². The third kappa shape index (κ3) is 4.89. The van der Waals surface area contributed by atoms with Crippen molar-refractivity contribution >= 4 is 40.2 Å². The van der Waals surface area contributed by atoms with Gasteiger partial charge in [0.2, 0.25) is 0 Å². The van der Waals surface area contributed by atoms with Crippen molar-refractivity contribution in [3.05, 3.63) is 118 Å². The number of hydrogen-bond acceptors (Lipinski definition) is 4. The molecule has 2 heterocycles. The zero-order valence-corrected chi connectivity index (χ0v) is 21.2. The van der Waals surface area contributed by atoms with E-state index in [0.29, 0.717) is 34.4 Å². The van der Waals surface area contributed by atoms with Crippen LogP contribution in [0.25, 0.3) is 22.2 Å². The molecule has 4 aromatic carbocycles. The number of amides is 2. The van der Waals surface area contributed by atoms with Crippen LogP contribution >= 0.6 is 11.6 Å². The van der Waals surface area contributed by atoms with Crippen LogP contribution in [-0.4, -0.2) is 16.8 Å².